The van der Waals surface area contributed by atoms with Crippen LogP contribution in [0.4, 0.5) is 0 Å². The predicted molar refractivity (Wildman–Crippen MR) is 112 cm³/mol. The smallest absolute Gasteiger partial charge is 0.326 e. The summed E-state index contributed by atoms with van der Waals surface area (Å²) >= 11 is 0. The van der Waals surface area contributed by atoms with Crippen LogP contribution < -0.4 is 16.0 Å². The Labute approximate surface area is 178 Å². The minimum absolute atomic E-state index is 0.0549. The van der Waals surface area contributed by atoms with Crippen LogP contribution in [0.3, 0.4) is 0 Å². The molecule has 0 saturated carbocycles. The van der Waals surface area contributed by atoms with Crippen LogP contribution in [-0.2, 0) is 19.2 Å². The van der Waals surface area contributed by atoms with E-state index in [9.17, 15) is 24.3 Å². The highest BCUT2D eigenvalue weighted by Gasteiger charge is 2.39. The summed E-state index contributed by atoms with van der Waals surface area (Å²) < 4.78 is 0. The van der Waals surface area contributed by atoms with Crippen molar-refractivity contribution in [3.05, 3.63) is 0 Å². The lowest BCUT2D eigenvalue weighted by molar-refractivity contribution is -0.144. The third kappa shape index (κ3) is 6.17. The van der Waals surface area contributed by atoms with E-state index in [1.54, 1.807) is 18.7 Å². The van der Waals surface area contributed by atoms with Gasteiger partial charge in [0.1, 0.15) is 18.1 Å². The number of likely N-dealkylation sites (tertiary alicyclic amines) is 1. The fourth-order valence-electron chi connectivity index (χ4n) is 4.14. The molecule has 4 N–H and O–H groups in total. The molecular formula is C21H36N4O5. The highest BCUT2D eigenvalue weighted by molar-refractivity contribution is 5.94. The van der Waals surface area contributed by atoms with Gasteiger partial charge in [-0.2, -0.15) is 0 Å². The van der Waals surface area contributed by atoms with Crippen LogP contribution in [0.25, 0.3) is 0 Å². The van der Waals surface area contributed by atoms with E-state index in [4.69, 9.17) is 0 Å². The van der Waals surface area contributed by atoms with Gasteiger partial charge in [0.05, 0.1) is 6.04 Å². The molecule has 4 atom stereocenters. The van der Waals surface area contributed by atoms with Gasteiger partial charge < -0.3 is 26.0 Å². The number of carboxylic acids is 1. The zero-order valence-corrected chi connectivity index (χ0v) is 18.4. The molecule has 2 fully saturated rings. The van der Waals surface area contributed by atoms with Crippen molar-refractivity contribution < 1.29 is 24.3 Å². The van der Waals surface area contributed by atoms with Crippen LogP contribution >= 0.6 is 0 Å². The summed E-state index contributed by atoms with van der Waals surface area (Å²) in [4.78, 5) is 51.7. The molecule has 0 aromatic carbocycles. The molecule has 2 heterocycles. The standard InChI is InChI=1S/C21H36N4O5/c1-12(2)11-15(18(26)24-17(13(3)4)21(29)30)23-19(27)16-8-6-10-25(16)20(28)14-7-5-9-22-14/h12-17,22H,5-11H2,1-4H3,(H,23,27)(H,24,26)(H,29,30). The van der Waals surface area contributed by atoms with Crippen LogP contribution in [-0.4, -0.2) is 71.0 Å². The van der Waals surface area contributed by atoms with Crippen LogP contribution in [0.5, 0.6) is 0 Å². The number of carboxylic acid groups (broad SMARTS) is 1. The third-order valence-corrected chi connectivity index (χ3v) is 5.77. The molecule has 0 aliphatic carbocycles. The highest BCUT2D eigenvalue weighted by atomic mass is 16.4. The van der Waals surface area contributed by atoms with Crippen molar-refractivity contribution in [2.45, 2.75) is 84.0 Å². The van der Waals surface area contributed by atoms with Crippen molar-refractivity contribution in [3.8, 4) is 0 Å². The van der Waals surface area contributed by atoms with E-state index in [-0.39, 0.29) is 29.7 Å². The van der Waals surface area contributed by atoms with Gasteiger partial charge in [-0.1, -0.05) is 27.7 Å². The summed E-state index contributed by atoms with van der Waals surface area (Å²) in [6.45, 7) is 8.63. The van der Waals surface area contributed by atoms with Gasteiger partial charge >= 0.3 is 5.97 Å². The monoisotopic (exact) mass is 424 g/mol. The molecule has 0 spiro atoms. The SMILES string of the molecule is CC(C)CC(NC(=O)C1CCCN1C(=O)C1CCCN1)C(=O)NC(C(=O)O)C(C)C. The topological polar surface area (TPSA) is 128 Å². The Bertz CT molecular complexity index is 645. The average Bonchev–Trinajstić information content (AvgIpc) is 3.35. The summed E-state index contributed by atoms with van der Waals surface area (Å²) in [5.41, 5.74) is 0. The zero-order valence-electron chi connectivity index (χ0n) is 18.4. The molecule has 2 aliphatic rings. The van der Waals surface area contributed by atoms with Gasteiger partial charge in [-0.25, -0.2) is 4.79 Å². The van der Waals surface area contributed by atoms with Gasteiger partial charge in [0.15, 0.2) is 0 Å². The van der Waals surface area contributed by atoms with Crippen LogP contribution in [0.1, 0.15) is 59.8 Å². The van der Waals surface area contributed by atoms with E-state index in [0.717, 1.165) is 25.8 Å². The molecule has 4 unspecified atom stereocenters. The van der Waals surface area contributed by atoms with Crippen molar-refractivity contribution in [2.75, 3.05) is 13.1 Å². The normalized spacial score (nSPS) is 23.5. The van der Waals surface area contributed by atoms with Crippen molar-refractivity contribution >= 4 is 23.7 Å². The molecule has 0 aromatic rings. The van der Waals surface area contributed by atoms with Crippen molar-refractivity contribution in [1.29, 1.82) is 0 Å². The molecule has 9 heteroatoms. The number of carbonyl (C=O) groups excluding carboxylic acids is 3. The second kappa shape index (κ2) is 10.7. The first kappa shape index (κ1) is 24.1. The van der Waals surface area contributed by atoms with Gasteiger partial charge in [-0.05, 0) is 50.5 Å². The van der Waals surface area contributed by atoms with Crippen LogP contribution in [0.2, 0.25) is 0 Å². The van der Waals surface area contributed by atoms with Crippen LogP contribution in [0, 0.1) is 11.8 Å². The lowest BCUT2D eigenvalue weighted by Gasteiger charge is -2.29. The number of carbonyl (C=O) groups is 4. The lowest BCUT2D eigenvalue weighted by atomic mass is 10.00. The Balaban J connectivity index is 2.07. The molecular weight excluding hydrogens is 388 g/mol. The number of amides is 3. The molecule has 2 saturated heterocycles. The molecule has 0 radical (unpaired) electrons. The minimum atomic E-state index is -1.11. The average molecular weight is 425 g/mol. The van der Waals surface area contributed by atoms with Gasteiger partial charge in [-0.15, -0.1) is 0 Å². The Morgan fingerprint density at radius 1 is 1.07 bits per heavy atom. The third-order valence-electron chi connectivity index (χ3n) is 5.77. The van der Waals surface area contributed by atoms with Crippen molar-refractivity contribution in [3.63, 3.8) is 0 Å². The molecule has 3 amide bonds. The number of nitrogens with zero attached hydrogens (tertiary/aromatic N) is 1. The molecule has 30 heavy (non-hydrogen) atoms. The van der Waals surface area contributed by atoms with Gasteiger partial charge in [0, 0.05) is 6.54 Å². The zero-order chi connectivity index (χ0) is 22.4. The van der Waals surface area contributed by atoms with Crippen LogP contribution in [0.15, 0.2) is 0 Å². The maximum Gasteiger partial charge on any atom is 0.326 e. The Hall–Kier alpha value is -2.16. The van der Waals surface area contributed by atoms with Gasteiger partial charge in [0.2, 0.25) is 17.7 Å². The molecule has 0 bridgehead atoms. The van der Waals surface area contributed by atoms with Crippen molar-refractivity contribution in [1.82, 2.24) is 20.9 Å². The number of rotatable bonds is 9. The van der Waals surface area contributed by atoms with E-state index >= 15 is 0 Å². The first-order valence-electron chi connectivity index (χ1n) is 11.0. The van der Waals surface area contributed by atoms with E-state index in [1.165, 1.54) is 0 Å². The van der Waals surface area contributed by atoms with Gasteiger partial charge in [0.25, 0.3) is 0 Å². The van der Waals surface area contributed by atoms with Crippen molar-refractivity contribution in [2.24, 2.45) is 11.8 Å². The second-order valence-corrected chi connectivity index (χ2v) is 9.10. The molecule has 2 aliphatic heterocycles. The maximum absolute atomic E-state index is 13.0. The summed E-state index contributed by atoms with van der Waals surface area (Å²) in [7, 11) is 0. The number of hydrogen-bond acceptors (Lipinski definition) is 5. The number of hydrogen-bond donors (Lipinski definition) is 4. The first-order valence-corrected chi connectivity index (χ1v) is 11.0. The quantitative estimate of drug-likeness (QED) is 0.426. The summed E-state index contributed by atoms with van der Waals surface area (Å²) in [6.07, 6.45) is 3.40. The summed E-state index contributed by atoms with van der Waals surface area (Å²) in [5.74, 6) is -2.19. The predicted octanol–water partition coefficient (Wildman–Crippen LogP) is 0.486. The molecule has 0 aromatic heterocycles. The highest BCUT2D eigenvalue weighted by Crippen LogP contribution is 2.21. The largest absolute Gasteiger partial charge is 0.480 e. The Morgan fingerprint density at radius 2 is 1.77 bits per heavy atom. The molecule has 2 rings (SSSR count). The number of aliphatic carboxylic acids is 1. The molecule has 9 nitrogen and oxygen atoms in total. The van der Waals surface area contributed by atoms with E-state index in [0.29, 0.717) is 19.4 Å². The minimum Gasteiger partial charge on any atom is -0.480 e. The fourth-order valence-corrected chi connectivity index (χ4v) is 4.14. The van der Waals surface area contributed by atoms with Gasteiger partial charge in [-0.3, -0.25) is 14.4 Å². The maximum atomic E-state index is 13.0. The Morgan fingerprint density at radius 3 is 2.30 bits per heavy atom. The Kier molecular flexibility index (Phi) is 8.64. The van der Waals surface area contributed by atoms with E-state index in [1.807, 2.05) is 13.8 Å². The fraction of sp³-hybridized carbons (Fsp3) is 0.810. The summed E-state index contributed by atoms with van der Waals surface area (Å²) in [5, 5.41) is 17.9. The van der Waals surface area contributed by atoms with E-state index < -0.39 is 30.0 Å². The second-order valence-electron chi connectivity index (χ2n) is 9.10. The lowest BCUT2D eigenvalue weighted by Crippen LogP contribution is -2.57. The first-order chi connectivity index (χ1) is 14.1. The summed E-state index contributed by atoms with van der Waals surface area (Å²) in [6, 6.07) is -2.71. The molecule has 170 valence electrons. The number of nitrogens with one attached hydrogen (secondary N) is 3. The van der Waals surface area contributed by atoms with E-state index in [2.05, 4.69) is 16.0 Å².